The molecule has 0 radical (unpaired) electrons. The first kappa shape index (κ1) is 18.6. The largest absolute Gasteiger partial charge is 0.437 e. The van der Waals surface area contributed by atoms with E-state index in [9.17, 15) is 4.79 Å². The van der Waals surface area contributed by atoms with Crippen LogP contribution in [0.1, 0.15) is 47.1 Å². The van der Waals surface area contributed by atoms with E-state index in [0.29, 0.717) is 13.2 Å². The van der Waals surface area contributed by atoms with E-state index in [0.717, 1.165) is 37.4 Å². The maximum atomic E-state index is 12.2. The lowest BCUT2D eigenvalue weighted by Crippen LogP contribution is -2.35. The van der Waals surface area contributed by atoms with Gasteiger partial charge in [0, 0.05) is 39.2 Å². The maximum Gasteiger partial charge on any atom is 0.307 e. The smallest absolute Gasteiger partial charge is 0.307 e. The Bertz CT molecular complexity index is 739. The lowest BCUT2D eigenvalue weighted by molar-refractivity contribution is 0.0869. The first-order valence-electron chi connectivity index (χ1n) is 9.17. The average Bonchev–Trinajstić information content (AvgIpc) is 3.06. The summed E-state index contributed by atoms with van der Waals surface area (Å²) in [5, 5.41) is 2.83. The van der Waals surface area contributed by atoms with Crippen LogP contribution < -0.4 is 5.32 Å². The monoisotopic (exact) mass is 357 g/mol. The van der Waals surface area contributed by atoms with Crippen molar-refractivity contribution in [3.05, 3.63) is 52.7 Å². The Balaban J connectivity index is 1.61. The zero-order valence-corrected chi connectivity index (χ0v) is 15.7. The summed E-state index contributed by atoms with van der Waals surface area (Å²) in [7, 11) is 1.61. The number of methoxy groups -OCH3 is 1. The molecule has 0 fully saturated rings. The van der Waals surface area contributed by atoms with Crippen molar-refractivity contribution in [2.75, 3.05) is 20.3 Å². The summed E-state index contributed by atoms with van der Waals surface area (Å²) in [6.07, 6.45) is 1.83. The van der Waals surface area contributed by atoms with Crippen LogP contribution in [0.4, 0.5) is 0 Å². The van der Waals surface area contributed by atoms with Crippen molar-refractivity contribution in [2.45, 2.75) is 45.8 Å². The van der Waals surface area contributed by atoms with Crippen LogP contribution in [-0.2, 0) is 30.7 Å². The Morgan fingerprint density at radius 3 is 2.77 bits per heavy atom. The molecule has 1 aliphatic rings. The minimum Gasteiger partial charge on any atom is -0.437 e. The van der Waals surface area contributed by atoms with Gasteiger partial charge in [0.2, 0.25) is 0 Å². The fourth-order valence-electron chi connectivity index (χ4n) is 3.20. The molecule has 1 aliphatic heterocycles. The van der Waals surface area contributed by atoms with Crippen LogP contribution in [0.3, 0.4) is 0 Å². The third-order valence-electron chi connectivity index (χ3n) is 4.63. The van der Waals surface area contributed by atoms with Crippen molar-refractivity contribution >= 4 is 5.91 Å². The van der Waals surface area contributed by atoms with Gasteiger partial charge in [-0.2, -0.15) is 0 Å². The number of fused-ring (bicyclic) bond motifs is 1. The number of benzene rings is 1. The van der Waals surface area contributed by atoms with Crippen LogP contribution in [0.15, 0.2) is 28.7 Å². The van der Waals surface area contributed by atoms with Gasteiger partial charge in [0.05, 0.1) is 12.3 Å². The number of rotatable bonds is 7. The molecule has 140 valence electrons. The highest BCUT2D eigenvalue weighted by Crippen LogP contribution is 2.21. The van der Waals surface area contributed by atoms with Crippen LogP contribution in [0.25, 0.3) is 0 Å². The number of carbonyl (C=O) groups is 1. The minimum absolute atomic E-state index is 0.0842. The molecule has 6 nitrogen and oxygen atoms in total. The van der Waals surface area contributed by atoms with Gasteiger partial charge in [-0.25, -0.2) is 4.98 Å². The third kappa shape index (κ3) is 4.51. The van der Waals surface area contributed by atoms with Crippen LogP contribution in [0.5, 0.6) is 0 Å². The quantitative estimate of drug-likeness (QED) is 0.825. The number of ether oxygens (including phenoxy) is 1. The minimum atomic E-state index is -0.286. The van der Waals surface area contributed by atoms with Gasteiger partial charge in [-0.1, -0.05) is 31.2 Å². The summed E-state index contributed by atoms with van der Waals surface area (Å²) >= 11 is 0. The predicted molar refractivity (Wildman–Crippen MR) is 98.9 cm³/mol. The Labute approximate surface area is 154 Å². The molecule has 0 aliphatic carbocycles. The molecule has 0 unspecified atom stereocenters. The molecule has 1 atom stereocenters. The van der Waals surface area contributed by atoms with Crippen molar-refractivity contribution in [1.82, 2.24) is 15.2 Å². The normalized spacial score (nSPS) is 15.5. The second kappa shape index (κ2) is 8.47. The van der Waals surface area contributed by atoms with E-state index in [1.807, 2.05) is 6.92 Å². The summed E-state index contributed by atoms with van der Waals surface area (Å²) in [5.74, 6) is 0.685. The standard InChI is InChI=1S/C20H27N3O3/c1-4-15-5-7-16(8-6-15)11-23-10-9-18-17(12-23)22-20(26-18)19(24)21-14(2)13-25-3/h5-8,14H,4,9-13H2,1-3H3,(H,21,24)/t14-/m1/s1. The van der Waals surface area contributed by atoms with Crippen molar-refractivity contribution < 1.29 is 13.9 Å². The van der Waals surface area contributed by atoms with Gasteiger partial charge < -0.3 is 14.5 Å². The highest BCUT2D eigenvalue weighted by molar-refractivity contribution is 5.89. The highest BCUT2D eigenvalue weighted by atomic mass is 16.5. The lowest BCUT2D eigenvalue weighted by atomic mass is 10.1. The number of aromatic nitrogens is 1. The number of hydrogen-bond donors (Lipinski definition) is 1. The topological polar surface area (TPSA) is 67.6 Å². The number of oxazole rings is 1. The van der Waals surface area contributed by atoms with Crippen molar-refractivity contribution in [3.8, 4) is 0 Å². The van der Waals surface area contributed by atoms with Crippen molar-refractivity contribution in [1.29, 1.82) is 0 Å². The fourth-order valence-corrected chi connectivity index (χ4v) is 3.20. The molecule has 1 aromatic carbocycles. The molecule has 0 saturated carbocycles. The molecule has 0 bridgehead atoms. The first-order chi connectivity index (χ1) is 12.6. The summed E-state index contributed by atoms with van der Waals surface area (Å²) in [6.45, 7) is 6.99. The number of hydrogen-bond acceptors (Lipinski definition) is 5. The fraction of sp³-hybridized carbons (Fsp3) is 0.500. The van der Waals surface area contributed by atoms with Gasteiger partial charge in [-0.05, 0) is 24.5 Å². The summed E-state index contributed by atoms with van der Waals surface area (Å²) in [6, 6.07) is 8.66. The van der Waals surface area contributed by atoms with Crippen LogP contribution in [-0.4, -0.2) is 42.1 Å². The summed E-state index contributed by atoms with van der Waals surface area (Å²) in [5.41, 5.74) is 3.51. The van der Waals surface area contributed by atoms with E-state index < -0.39 is 0 Å². The number of aryl methyl sites for hydroxylation is 1. The zero-order chi connectivity index (χ0) is 18.5. The van der Waals surface area contributed by atoms with Crippen LogP contribution in [0, 0.1) is 0 Å². The van der Waals surface area contributed by atoms with Gasteiger partial charge in [0.25, 0.3) is 5.89 Å². The van der Waals surface area contributed by atoms with Gasteiger partial charge >= 0.3 is 5.91 Å². The third-order valence-corrected chi connectivity index (χ3v) is 4.63. The molecule has 6 heteroatoms. The lowest BCUT2D eigenvalue weighted by Gasteiger charge is -2.25. The molecule has 1 amide bonds. The Morgan fingerprint density at radius 2 is 2.08 bits per heavy atom. The zero-order valence-electron chi connectivity index (χ0n) is 15.7. The molecule has 1 N–H and O–H groups in total. The van der Waals surface area contributed by atoms with Crippen LogP contribution >= 0.6 is 0 Å². The van der Waals surface area contributed by atoms with Gasteiger partial charge in [0.1, 0.15) is 5.76 Å². The SMILES string of the molecule is CCc1ccc(CN2CCc3oc(C(=O)N[C@H](C)COC)nc3C2)cc1. The number of nitrogens with one attached hydrogen (secondary N) is 1. The molecular formula is C20H27N3O3. The highest BCUT2D eigenvalue weighted by Gasteiger charge is 2.25. The van der Waals surface area contributed by atoms with E-state index in [1.165, 1.54) is 11.1 Å². The van der Waals surface area contributed by atoms with E-state index in [1.54, 1.807) is 7.11 Å². The van der Waals surface area contributed by atoms with Gasteiger partial charge in [0.15, 0.2) is 0 Å². The summed E-state index contributed by atoms with van der Waals surface area (Å²) in [4.78, 5) is 19.0. The molecule has 2 aromatic rings. The Kier molecular flexibility index (Phi) is 6.06. The molecule has 2 heterocycles. The van der Waals surface area contributed by atoms with Crippen LogP contribution in [0.2, 0.25) is 0 Å². The molecule has 0 spiro atoms. The molecule has 0 saturated heterocycles. The predicted octanol–water partition coefficient (Wildman–Crippen LogP) is 2.56. The summed E-state index contributed by atoms with van der Waals surface area (Å²) < 4.78 is 10.7. The van der Waals surface area contributed by atoms with Crippen molar-refractivity contribution in [3.63, 3.8) is 0 Å². The number of nitrogens with zero attached hydrogens (tertiary/aromatic N) is 2. The number of carbonyl (C=O) groups excluding carboxylic acids is 1. The molecule has 1 aromatic heterocycles. The van der Waals surface area contributed by atoms with Crippen molar-refractivity contribution in [2.24, 2.45) is 0 Å². The maximum absolute atomic E-state index is 12.2. The van der Waals surface area contributed by atoms with Gasteiger partial charge in [-0.3, -0.25) is 9.69 Å². The van der Waals surface area contributed by atoms with E-state index in [2.05, 4.69) is 46.4 Å². The molecular weight excluding hydrogens is 330 g/mol. The number of amides is 1. The average molecular weight is 357 g/mol. The van der Waals surface area contributed by atoms with E-state index in [-0.39, 0.29) is 17.8 Å². The van der Waals surface area contributed by atoms with Gasteiger partial charge in [-0.15, -0.1) is 0 Å². The molecule has 3 rings (SSSR count). The Morgan fingerprint density at radius 1 is 1.35 bits per heavy atom. The van der Waals surface area contributed by atoms with E-state index >= 15 is 0 Å². The second-order valence-corrected chi connectivity index (χ2v) is 6.85. The first-order valence-corrected chi connectivity index (χ1v) is 9.17. The molecule has 26 heavy (non-hydrogen) atoms. The van der Waals surface area contributed by atoms with E-state index in [4.69, 9.17) is 9.15 Å². The second-order valence-electron chi connectivity index (χ2n) is 6.85. The Hall–Kier alpha value is -2.18.